The smallest absolute Gasteiger partial charge is 0.338 e. The molecule has 3 aromatic rings. The van der Waals surface area contributed by atoms with Crippen LogP contribution in [0.3, 0.4) is 0 Å². The van der Waals surface area contributed by atoms with Crippen LogP contribution in [-0.4, -0.2) is 26.0 Å². The summed E-state index contributed by atoms with van der Waals surface area (Å²) in [5.41, 5.74) is 1.68. The highest BCUT2D eigenvalue weighted by Gasteiger charge is 2.15. The van der Waals surface area contributed by atoms with E-state index in [1.54, 1.807) is 18.2 Å². The minimum atomic E-state index is -1.03. The van der Waals surface area contributed by atoms with Crippen molar-refractivity contribution in [1.29, 1.82) is 0 Å². The van der Waals surface area contributed by atoms with Crippen molar-refractivity contribution in [3.05, 3.63) is 45.5 Å². The molecule has 2 N–H and O–H groups in total. The van der Waals surface area contributed by atoms with Crippen LogP contribution in [0, 0.1) is 0 Å². The van der Waals surface area contributed by atoms with Crippen LogP contribution in [0.25, 0.3) is 22.6 Å². The third kappa shape index (κ3) is 2.17. The number of benzene rings is 1. The zero-order valence-corrected chi connectivity index (χ0v) is 12.2. The van der Waals surface area contributed by atoms with E-state index in [1.165, 1.54) is 12.3 Å². The Balaban J connectivity index is 2.23. The summed E-state index contributed by atoms with van der Waals surface area (Å²) in [6.07, 6.45) is 1.42. The summed E-state index contributed by atoms with van der Waals surface area (Å²) in [6, 6.07) is 6.71. The van der Waals surface area contributed by atoms with Crippen molar-refractivity contribution >= 4 is 44.7 Å². The van der Waals surface area contributed by atoms with Gasteiger partial charge in [-0.05, 0) is 40.2 Å². The molecule has 0 atom stereocenters. The van der Waals surface area contributed by atoms with Gasteiger partial charge in [0.2, 0.25) is 0 Å². The third-order valence-corrected chi connectivity index (χ3v) is 3.70. The maximum Gasteiger partial charge on any atom is 0.338 e. The number of imidazole rings is 1. The molecule has 0 bridgehead atoms. The van der Waals surface area contributed by atoms with Gasteiger partial charge in [0.1, 0.15) is 5.82 Å². The molecule has 0 aliphatic heterocycles. The highest BCUT2D eigenvalue weighted by molar-refractivity contribution is 9.10. The lowest BCUT2D eigenvalue weighted by Crippen LogP contribution is -1.97. The molecular weight excluding hydrogens is 346 g/mol. The summed E-state index contributed by atoms with van der Waals surface area (Å²) in [5, 5.41) is 9.75. The van der Waals surface area contributed by atoms with Crippen molar-refractivity contribution in [2.24, 2.45) is 0 Å². The molecule has 0 amide bonds. The number of rotatable bonds is 2. The predicted octanol–water partition coefficient (Wildman–Crippen LogP) is 3.74. The number of carboxylic acid groups (broad SMARTS) is 1. The molecule has 7 heteroatoms. The fraction of sp³-hybridized carbons (Fsp3) is 0. The van der Waals surface area contributed by atoms with Crippen molar-refractivity contribution in [3.63, 3.8) is 0 Å². The first-order valence-corrected chi connectivity index (χ1v) is 6.77. The van der Waals surface area contributed by atoms with Crippen molar-refractivity contribution in [2.75, 3.05) is 0 Å². The Labute approximate surface area is 126 Å². The van der Waals surface area contributed by atoms with Gasteiger partial charge in [0.05, 0.1) is 11.1 Å². The molecule has 0 saturated heterocycles. The average Bonchev–Trinajstić information content (AvgIpc) is 2.81. The van der Waals surface area contributed by atoms with Gasteiger partial charge in [-0.2, -0.15) is 0 Å². The lowest BCUT2D eigenvalue weighted by atomic mass is 10.2. The lowest BCUT2D eigenvalue weighted by molar-refractivity contribution is 0.0699. The van der Waals surface area contributed by atoms with E-state index < -0.39 is 5.97 Å². The number of hydrogen-bond acceptors (Lipinski definition) is 3. The number of nitrogens with zero attached hydrogens (tertiary/aromatic N) is 2. The van der Waals surface area contributed by atoms with E-state index in [-0.39, 0.29) is 5.56 Å². The molecule has 0 aliphatic rings. The molecule has 0 aliphatic carbocycles. The second-order valence-corrected chi connectivity index (χ2v) is 5.36. The molecule has 0 spiro atoms. The normalized spacial score (nSPS) is 10.9. The SMILES string of the molecule is O=C(O)c1ccnc2nc(-c3ccc(Cl)cc3Br)[nH]c12. The zero-order chi connectivity index (χ0) is 14.3. The monoisotopic (exact) mass is 351 g/mol. The van der Waals surface area contributed by atoms with Crippen LogP contribution in [0.1, 0.15) is 10.4 Å². The van der Waals surface area contributed by atoms with Crippen LogP contribution in [0.2, 0.25) is 5.02 Å². The number of fused-ring (bicyclic) bond motifs is 1. The maximum atomic E-state index is 11.2. The number of aromatic amines is 1. The number of nitrogens with one attached hydrogen (secondary N) is 1. The van der Waals surface area contributed by atoms with E-state index in [2.05, 4.69) is 30.9 Å². The number of pyridine rings is 1. The van der Waals surface area contributed by atoms with Gasteiger partial charge in [0.15, 0.2) is 5.65 Å². The first-order valence-electron chi connectivity index (χ1n) is 5.59. The van der Waals surface area contributed by atoms with Gasteiger partial charge in [0.25, 0.3) is 0 Å². The molecule has 0 fully saturated rings. The van der Waals surface area contributed by atoms with Crippen LogP contribution in [0.5, 0.6) is 0 Å². The van der Waals surface area contributed by atoms with Gasteiger partial charge in [-0.25, -0.2) is 14.8 Å². The van der Waals surface area contributed by atoms with E-state index in [1.807, 2.05) is 0 Å². The fourth-order valence-electron chi connectivity index (χ4n) is 1.90. The number of hydrogen-bond donors (Lipinski definition) is 2. The molecule has 100 valence electrons. The van der Waals surface area contributed by atoms with E-state index in [9.17, 15) is 4.79 Å². The first kappa shape index (κ1) is 13.1. The maximum absolute atomic E-state index is 11.2. The molecule has 1 aromatic carbocycles. The summed E-state index contributed by atoms with van der Waals surface area (Å²) >= 11 is 9.31. The van der Waals surface area contributed by atoms with Crippen molar-refractivity contribution < 1.29 is 9.90 Å². The van der Waals surface area contributed by atoms with Gasteiger partial charge < -0.3 is 10.1 Å². The van der Waals surface area contributed by atoms with Gasteiger partial charge in [0, 0.05) is 21.3 Å². The molecule has 0 unspecified atom stereocenters. The molecule has 5 nitrogen and oxygen atoms in total. The van der Waals surface area contributed by atoms with Crippen LogP contribution >= 0.6 is 27.5 Å². The minimum absolute atomic E-state index is 0.138. The number of carboxylic acids is 1. The Morgan fingerprint density at radius 1 is 1.35 bits per heavy atom. The summed E-state index contributed by atoms with van der Waals surface area (Å²) in [6.45, 7) is 0. The van der Waals surface area contributed by atoms with Gasteiger partial charge in [-0.1, -0.05) is 11.6 Å². The predicted molar refractivity (Wildman–Crippen MR) is 79.0 cm³/mol. The summed E-state index contributed by atoms with van der Waals surface area (Å²) < 4.78 is 0.765. The third-order valence-electron chi connectivity index (χ3n) is 2.81. The number of halogens is 2. The van der Waals surface area contributed by atoms with Crippen LogP contribution in [0.15, 0.2) is 34.9 Å². The first-order chi connectivity index (χ1) is 9.56. The Morgan fingerprint density at radius 3 is 2.85 bits per heavy atom. The van der Waals surface area contributed by atoms with Crippen LogP contribution < -0.4 is 0 Å². The molecular formula is C13H7BrClN3O2. The Bertz CT molecular complexity index is 832. The lowest BCUT2D eigenvalue weighted by Gasteiger charge is -2.00. The zero-order valence-electron chi connectivity index (χ0n) is 9.89. The Hall–Kier alpha value is -1.92. The molecule has 0 saturated carbocycles. The Kier molecular flexibility index (Phi) is 3.19. The molecule has 0 radical (unpaired) electrons. The fourth-order valence-corrected chi connectivity index (χ4v) is 2.77. The van der Waals surface area contributed by atoms with Crippen LogP contribution in [0.4, 0.5) is 0 Å². The largest absolute Gasteiger partial charge is 0.478 e. The van der Waals surface area contributed by atoms with Crippen molar-refractivity contribution in [2.45, 2.75) is 0 Å². The van der Waals surface area contributed by atoms with Gasteiger partial charge in [-0.3, -0.25) is 0 Å². The quantitative estimate of drug-likeness (QED) is 0.736. The summed E-state index contributed by atoms with van der Waals surface area (Å²) in [7, 11) is 0. The van der Waals surface area contributed by atoms with Gasteiger partial charge >= 0.3 is 5.97 Å². The minimum Gasteiger partial charge on any atom is -0.478 e. The number of carbonyl (C=O) groups is 1. The molecule has 2 heterocycles. The van der Waals surface area contributed by atoms with Gasteiger partial charge in [-0.15, -0.1) is 0 Å². The Morgan fingerprint density at radius 2 is 2.15 bits per heavy atom. The van der Waals surface area contributed by atoms with E-state index in [0.717, 1.165) is 10.0 Å². The number of H-pyrrole nitrogens is 1. The molecule has 20 heavy (non-hydrogen) atoms. The van der Waals surface area contributed by atoms with E-state index in [4.69, 9.17) is 16.7 Å². The highest BCUT2D eigenvalue weighted by atomic mass is 79.9. The summed E-state index contributed by atoms with van der Waals surface area (Å²) in [4.78, 5) is 22.5. The second-order valence-electron chi connectivity index (χ2n) is 4.07. The average molecular weight is 353 g/mol. The molecule has 3 rings (SSSR count). The second kappa shape index (κ2) is 4.88. The van der Waals surface area contributed by atoms with Crippen LogP contribution in [-0.2, 0) is 0 Å². The summed E-state index contributed by atoms with van der Waals surface area (Å²) in [5.74, 6) is -0.493. The standard InChI is InChI=1S/C13H7BrClN3O2/c14-9-5-6(15)1-2-7(9)11-17-10-8(13(19)20)3-4-16-12(10)18-11/h1-5H,(H,19,20)(H,16,17,18). The highest BCUT2D eigenvalue weighted by Crippen LogP contribution is 2.30. The topological polar surface area (TPSA) is 78.9 Å². The number of aromatic nitrogens is 3. The number of aromatic carboxylic acids is 1. The van der Waals surface area contributed by atoms with E-state index >= 15 is 0 Å². The van der Waals surface area contributed by atoms with Crippen molar-refractivity contribution in [3.8, 4) is 11.4 Å². The molecule has 2 aromatic heterocycles. The van der Waals surface area contributed by atoms with Crippen molar-refractivity contribution in [1.82, 2.24) is 15.0 Å². The van der Waals surface area contributed by atoms with E-state index in [0.29, 0.717) is 22.0 Å².